The second-order valence-electron chi connectivity index (χ2n) is 3.72. The normalized spacial score (nSPS) is 23.4. The largest absolute Gasteiger partial charge is 0.469 e. The van der Waals surface area contributed by atoms with Crippen LogP contribution in [0, 0.1) is 0 Å². The van der Waals surface area contributed by atoms with Crippen LogP contribution in [0.2, 0.25) is 0 Å². The van der Waals surface area contributed by atoms with Gasteiger partial charge in [0, 0.05) is 19.2 Å². The molecule has 1 aliphatic heterocycles. The van der Waals surface area contributed by atoms with Crippen molar-refractivity contribution in [3.8, 4) is 0 Å². The van der Waals surface area contributed by atoms with Crippen molar-refractivity contribution in [2.45, 2.75) is 38.3 Å². The van der Waals surface area contributed by atoms with Crippen molar-refractivity contribution in [3.05, 3.63) is 0 Å². The third-order valence-corrected chi connectivity index (χ3v) is 2.42. The molecule has 1 rings (SSSR count). The first-order valence-corrected chi connectivity index (χ1v) is 5.14. The summed E-state index contributed by atoms with van der Waals surface area (Å²) < 4.78 is 10.0. The Hall–Kier alpha value is -0.610. The highest BCUT2D eigenvalue weighted by Crippen LogP contribution is 2.10. The average Bonchev–Trinajstić information content (AvgIpc) is 2.67. The molecule has 0 saturated carbocycles. The number of nitrogens with one attached hydrogen (secondary N) is 1. The predicted octanol–water partition coefficient (Wildman–Crippen LogP) is 0.707. The zero-order valence-electron chi connectivity index (χ0n) is 8.91. The molecule has 0 radical (unpaired) electrons. The van der Waals surface area contributed by atoms with Gasteiger partial charge in [0.15, 0.2) is 0 Å². The summed E-state index contributed by atoms with van der Waals surface area (Å²) in [5, 5.41) is 3.26. The molecule has 0 aromatic rings. The van der Waals surface area contributed by atoms with Gasteiger partial charge in [0.25, 0.3) is 0 Å². The lowest BCUT2D eigenvalue weighted by Gasteiger charge is -2.15. The van der Waals surface area contributed by atoms with Gasteiger partial charge >= 0.3 is 5.97 Å². The van der Waals surface area contributed by atoms with Crippen LogP contribution in [0.15, 0.2) is 0 Å². The topological polar surface area (TPSA) is 47.6 Å². The lowest BCUT2D eigenvalue weighted by molar-refractivity contribution is -0.141. The van der Waals surface area contributed by atoms with Gasteiger partial charge in [-0.1, -0.05) is 0 Å². The van der Waals surface area contributed by atoms with Crippen molar-refractivity contribution in [2.75, 3.05) is 20.3 Å². The molecule has 0 unspecified atom stereocenters. The van der Waals surface area contributed by atoms with Gasteiger partial charge in [-0.3, -0.25) is 4.79 Å². The van der Waals surface area contributed by atoms with Crippen molar-refractivity contribution in [2.24, 2.45) is 0 Å². The molecule has 1 aliphatic rings. The maximum atomic E-state index is 10.9. The van der Waals surface area contributed by atoms with Crippen LogP contribution in [0.5, 0.6) is 0 Å². The molecule has 0 aromatic heterocycles. The van der Waals surface area contributed by atoms with Gasteiger partial charge in [-0.05, 0) is 19.8 Å². The third-order valence-electron chi connectivity index (χ3n) is 2.42. The van der Waals surface area contributed by atoms with Gasteiger partial charge < -0.3 is 14.8 Å². The molecule has 4 heteroatoms. The van der Waals surface area contributed by atoms with E-state index < -0.39 is 0 Å². The first-order valence-electron chi connectivity index (χ1n) is 5.14. The van der Waals surface area contributed by atoms with E-state index in [1.165, 1.54) is 7.11 Å². The molecule has 0 bridgehead atoms. The number of carbonyl (C=O) groups excluding carboxylic acids is 1. The highest BCUT2D eigenvalue weighted by atomic mass is 16.5. The van der Waals surface area contributed by atoms with E-state index in [1.807, 2.05) is 6.92 Å². The van der Waals surface area contributed by atoms with Crippen LogP contribution >= 0.6 is 0 Å². The second kappa shape index (κ2) is 5.98. The molecule has 0 aliphatic carbocycles. The molecule has 0 amide bonds. The Morgan fingerprint density at radius 1 is 1.71 bits per heavy atom. The standard InChI is InChI=1S/C10H19NO3/c1-8(6-10(12)13-2)11-7-9-4-3-5-14-9/h8-9,11H,3-7H2,1-2H3/t8-,9-/m0/s1. The van der Waals surface area contributed by atoms with Gasteiger partial charge in [-0.15, -0.1) is 0 Å². The molecular weight excluding hydrogens is 182 g/mol. The minimum atomic E-state index is -0.169. The van der Waals surface area contributed by atoms with E-state index >= 15 is 0 Å². The fraction of sp³-hybridized carbons (Fsp3) is 0.900. The number of carbonyl (C=O) groups is 1. The van der Waals surface area contributed by atoms with Crippen LogP contribution in [0.1, 0.15) is 26.2 Å². The lowest BCUT2D eigenvalue weighted by atomic mass is 10.2. The zero-order chi connectivity index (χ0) is 10.4. The van der Waals surface area contributed by atoms with E-state index in [2.05, 4.69) is 10.1 Å². The van der Waals surface area contributed by atoms with E-state index in [1.54, 1.807) is 0 Å². The van der Waals surface area contributed by atoms with Crippen LogP contribution in [-0.2, 0) is 14.3 Å². The van der Waals surface area contributed by atoms with Gasteiger partial charge in [-0.25, -0.2) is 0 Å². The van der Waals surface area contributed by atoms with Crippen LogP contribution < -0.4 is 5.32 Å². The van der Waals surface area contributed by atoms with Gasteiger partial charge in [0.05, 0.1) is 19.6 Å². The van der Waals surface area contributed by atoms with Gasteiger partial charge in [-0.2, -0.15) is 0 Å². The van der Waals surface area contributed by atoms with E-state index in [4.69, 9.17) is 4.74 Å². The van der Waals surface area contributed by atoms with E-state index in [9.17, 15) is 4.79 Å². The summed E-state index contributed by atoms with van der Waals surface area (Å²) in [7, 11) is 1.41. The summed E-state index contributed by atoms with van der Waals surface area (Å²) in [4.78, 5) is 10.9. The monoisotopic (exact) mass is 201 g/mol. The molecule has 2 atom stereocenters. The van der Waals surface area contributed by atoms with Crippen molar-refractivity contribution >= 4 is 5.97 Å². The predicted molar refractivity (Wildman–Crippen MR) is 53.1 cm³/mol. The van der Waals surface area contributed by atoms with Crippen LogP contribution in [0.3, 0.4) is 0 Å². The molecule has 0 aromatic carbocycles. The minimum Gasteiger partial charge on any atom is -0.469 e. The smallest absolute Gasteiger partial charge is 0.307 e. The molecule has 14 heavy (non-hydrogen) atoms. The van der Waals surface area contributed by atoms with Crippen LogP contribution in [0.4, 0.5) is 0 Å². The summed E-state index contributed by atoms with van der Waals surface area (Å²) in [6, 6.07) is 0.159. The zero-order valence-corrected chi connectivity index (χ0v) is 8.91. The number of esters is 1. The summed E-state index contributed by atoms with van der Waals surface area (Å²) in [5.74, 6) is -0.169. The first-order chi connectivity index (χ1) is 6.72. The molecule has 1 saturated heterocycles. The number of ether oxygens (including phenoxy) is 2. The van der Waals surface area contributed by atoms with Crippen LogP contribution in [-0.4, -0.2) is 38.4 Å². The molecule has 1 fully saturated rings. The number of rotatable bonds is 5. The number of methoxy groups -OCH3 is 1. The van der Waals surface area contributed by atoms with Crippen molar-refractivity contribution in [1.82, 2.24) is 5.32 Å². The summed E-state index contributed by atoms with van der Waals surface area (Å²) >= 11 is 0. The maximum Gasteiger partial charge on any atom is 0.307 e. The molecule has 4 nitrogen and oxygen atoms in total. The highest BCUT2D eigenvalue weighted by Gasteiger charge is 2.16. The Kier molecular flexibility index (Phi) is 4.90. The molecule has 82 valence electrons. The fourth-order valence-electron chi connectivity index (χ4n) is 1.54. The molecule has 0 spiro atoms. The lowest BCUT2D eigenvalue weighted by Crippen LogP contribution is -2.35. The molecule has 1 heterocycles. The third kappa shape index (κ3) is 4.07. The quantitative estimate of drug-likeness (QED) is 0.665. The van der Waals surface area contributed by atoms with Crippen LogP contribution in [0.25, 0.3) is 0 Å². The highest BCUT2D eigenvalue weighted by molar-refractivity contribution is 5.69. The Morgan fingerprint density at radius 2 is 2.50 bits per heavy atom. The molecule has 1 N–H and O–H groups in total. The van der Waals surface area contributed by atoms with Gasteiger partial charge in [0.1, 0.15) is 0 Å². The Balaban J connectivity index is 2.07. The SMILES string of the molecule is COC(=O)C[C@H](C)NC[C@@H]1CCCO1. The summed E-state index contributed by atoms with van der Waals surface area (Å²) in [6.45, 7) is 3.68. The van der Waals surface area contributed by atoms with E-state index in [0.29, 0.717) is 12.5 Å². The number of hydrogen-bond acceptors (Lipinski definition) is 4. The van der Waals surface area contributed by atoms with Gasteiger partial charge in [0.2, 0.25) is 0 Å². The average molecular weight is 201 g/mol. The molecular formula is C10H19NO3. The van der Waals surface area contributed by atoms with Crippen molar-refractivity contribution in [3.63, 3.8) is 0 Å². The Morgan fingerprint density at radius 3 is 3.07 bits per heavy atom. The van der Waals surface area contributed by atoms with Crippen molar-refractivity contribution < 1.29 is 14.3 Å². The second-order valence-corrected chi connectivity index (χ2v) is 3.72. The summed E-state index contributed by atoms with van der Waals surface area (Å²) in [6.07, 6.45) is 3.02. The Bertz CT molecular complexity index is 178. The maximum absolute atomic E-state index is 10.9. The fourth-order valence-corrected chi connectivity index (χ4v) is 1.54. The minimum absolute atomic E-state index is 0.159. The first kappa shape index (κ1) is 11.5. The summed E-state index contributed by atoms with van der Waals surface area (Å²) in [5.41, 5.74) is 0. The van der Waals surface area contributed by atoms with E-state index in [0.717, 1.165) is 26.0 Å². The Labute approximate surface area is 85.0 Å². The number of hydrogen-bond donors (Lipinski definition) is 1. The van der Waals surface area contributed by atoms with Crippen molar-refractivity contribution in [1.29, 1.82) is 0 Å². The van der Waals surface area contributed by atoms with E-state index in [-0.39, 0.29) is 12.0 Å².